The summed E-state index contributed by atoms with van der Waals surface area (Å²) in [5.74, 6) is 0. The van der Waals surface area contributed by atoms with Gasteiger partial charge in [-0.25, -0.2) is 4.68 Å². The number of aryl methyl sites for hydroxylation is 1. The highest BCUT2D eigenvalue weighted by Crippen LogP contribution is 2.27. The molecule has 0 radical (unpaired) electrons. The summed E-state index contributed by atoms with van der Waals surface area (Å²) in [5, 5.41) is 11.6. The first-order valence-electron chi connectivity index (χ1n) is 6.23. The molecule has 17 heavy (non-hydrogen) atoms. The summed E-state index contributed by atoms with van der Waals surface area (Å²) in [5.41, 5.74) is 0.795. The van der Waals surface area contributed by atoms with Gasteiger partial charge in [-0.2, -0.15) is 0 Å². The van der Waals surface area contributed by atoms with Crippen molar-refractivity contribution in [3.63, 3.8) is 0 Å². The van der Waals surface area contributed by atoms with E-state index in [-0.39, 0.29) is 11.6 Å². The van der Waals surface area contributed by atoms with E-state index >= 15 is 0 Å². The third-order valence-corrected chi connectivity index (χ3v) is 3.01. The number of rotatable bonds is 7. The summed E-state index contributed by atoms with van der Waals surface area (Å²) in [6, 6.07) is 0.0963. The van der Waals surface area contributed by atoms with Crippen LogP contribution in [0, 0.1) is 0 Å². The molecule has 1 heterocycles. The van der Waals surface area contributed by atoms with Crippen LogP contribution in [-0.2, 0) is 11.3 Å². The fourth-order valence-electron chi connectivity index (χ4n) is 1.90. The van der Waals surface area contributed by atoms with Crippen molar-refractivity contribution < 1.29 is 4.74 Å². The predicted octanol–water partition coefficient (Wildman–Crippen LogP) is 1.76. The first-order chi connectivity index (χ1) is 8.06. The number of likely N-dealkylation sites (N-methyl/N-ethyl adjacent to an activating group) is 1. The van der Waals surface area contributed by atoms with Crippen molar-refractivity contribution in [3.8, 4) is 0 Å². The van der Waals surface area contributed by atoms with E-state index in [4.69, 9.17) is 4.74 Å². The molecule has 0 fully saturated rings. The second-order valence-electron chi connectivity index (χ2n) is 4.68. The number of hydrogen-bond acceptors (Lipinski definition) is 4. The van der Waals surface area contributed by atoms with Crippen LogP contribution >= 0.6 is 0 Å². The highest BCUT2D eigenvalue weighted by atomic mass is 16.5. The molecule has 1 aromatic heterocycles. The quantitative estimate of drug-likeness (QED) is 0.789. The summed E-state index contributed by atoms with van der Waals surface area (Å²) < 4.78 is 7.53. The predicted molar refractivity (Wildman–Crippen MR) is 67.8 cm³/mol. The Kier molecular flexibility index (Phi) is 5.08. The molecular weight excluding hydrogens is 216 g/mol. The monoisotopic (exact) mass is 240 g/mol. The SMILES string of the molecule is CCCn1nncc1C(NCC)C(C)(C)OC. The van der Waals surface area contributed by atoms with Crippen molar-refractivity contribution in [3.05, 3.63) is 11.9 Å². The Labute approximate surface area is 104 Å². The second-order valence-corrected chi connectivity index (χ2v) is 4.68. The number of ether oxygens (including phenoxy) is 1. The fourth-order valence-corrected chi connectivity index (χ4v) is 1.90. The lowest BCUT2D eigenvalue weighted by atomic mass is 9.95. The summed E-state index contributed by atoms with van der Waals surface area (Å²) in [7, 11) is 1.73. The van der Waals surface area contributed by atoms with Gasteiger partial charge in [-0.1, -0.05) is 19.1 Å². The highest BCUT2D eigenvalue weighted by Gasteiger charge is 2.32. The topological polar surface area (TPSA) is 52.0 Å². The van der Waals surface area contributed by atoms with Gasteiger partial charge in [0.15, 0.2) is 0 Å². The average Bonchev–Trinajstić information content (AvgIpc) is 2.74. The van der Waals surface area contributed by atoms with Crippen LogP contribution in [-0.4, -0.2) is 34.2 Å². The minimum Gasteiger partial charge on any atom is -0.377 e. The maximum atomic E-state index is 5.58. The van der Waals surface area contributed by atoms with Gasteiger partial charge in [0.1, 0.15) is 0 Å². The molecular formula is C12H24N4O. The van der Waals surface area contributed by atoms with Gasteiger partial charge < -0.3 is 10.1 Å². The van der Waals surface area contributed by atoms with Crippen LogP contribution in [0.3, 0.4) is 0 Å². The smallest absolute Gasteiger partial charge is 0.0832 e. The molecule has 1 rings (SSSR count). The third kappa shape index (κ3) is 3.26. The van der Waals surface area contributed by atoms with Gasteiger partial charge in [-0.05, 0) is 26.8 Å². The average molecular weight is 240 g/mol. The van der Waals surface area contributed by atoms with Crippen LogP contribution in [0.15, 0.2) is 6.20 Å². The Bertz CT molecular complexity index is 335. The Morgan fingerprint density at radius 3 is 2.71 bits per heavy atom. The van der Waals surface area contributed by atoms with Crippen LogP contribution in [0.4, 0.5) is 0 Å². The fraction of sp³-hybridized carbons (Fsp3) is 0.833. The molecule has 0 aliphatic carbocycles. The lowest BCUT2D eigenvalue weighted by molar-refractivity contribution is -0.0131. The Hall–Kier alpha value is -0.940. The number of nitrogens with zero attached hydrogens (tertiary/aromatic N) is 3. The molecule has 0 saturated carbocycles. The largest absolute Gasteiger partial charge is 0.377 e. The van der Waals surface area contributed by atoms with Crippen molar-refractivity contribution in [1.29, 1.82) is 0 Å². The van der Waals surface area contributed by atoms with Crippen molar-refractivity contribution in [2.24, 2.45) is 0 Å². The van der Waals surface area contributed by atoms with E-state index in [1.54, 1.807) is 7.11 Å². The molecule has 0 amide bonds. The number of hydrogen-bond donors (Lipinski definition) is 1. The van der Waals surface area contributed by atoms with E-state index in [1.165, 1.54) is 0 Å². The lowest BCUT2D eigenvalue weighted by Crippen LogP contribution is -2.42. The van der Waals surface area contributed by atoms with E-state index in [0.717, 1.165) is 25.2 Å². The minimum atomic E-state index is -0.288. The summed E-state index contributed by atoms with van der Waals surface area (Å²) >= 11 is 0. The maximum Gasteiger partial charge on any atom is 0.0832 e. The molecule has 0 spiro atoms. The number of nitrogens with one attached hydrogen (secondary N) is 1. The summed E-state index contributed by atoms with van der Waals surface area (Å²) in [6.45, 7) is 10.1. The highest BCUT2D eigenvalue weighted by molar-refractivity contribution is 5.08. The van der Waals surface area contributed by atoms with Crippen LogP contribution in [0.1, 0.15) is 45.9 Å². The normalized spacial score (nSPS) is 13.9. The molecule has 0 saturated heterocycles. The zero-order valence-electron chi connectivity index (χ0n) is 11.5. The molecule has 1 unspecified atom stereocenters. The molecule has 0 bridgehead atoms. The van der Waals surface area contributed by atoms with Crippen molar-refractivity contribution >= 4 is 0 Å². The second kappa shape index (κ2) is 6.12. The molecule has 0 aliphatic heterocycles. The first-order valence-corrected chi connectivity index (χ1v) is 6.23. The Balaban J connectivity index is 3.00. The number of aromatic nitrogens is 3. The lowest BCUT2D eigenvalue weighted by Gasteiger charge is -2.33. The van der Waals surface area contributed by atoms with Gasteiger partial charge in [0.2, 0.25) is 0 Å². The van der Waals surface area contributed by atoms with Crippen LogP contribution < -0.4 is 5.32 Å². The van der Waals surface area contributed by atoms with Gasteiger partial charge in [0, 0.05) is 13.7 Å². The molecule has 5 heteroatoms. The van der Waals surface area contributed by atoms with Gasteiger partial charge in [0.05, 0.1) is 23.5 Å². The van der Waals surface area contributed by atoms with Crippen molar-refractivity contribution in [2.75, 3.05) is 13.7 Å². The molecule has 5 nitrogen and oxygen atoms in total. The zero-order valence-corrected chi connectivity index (χ0v) is 11.5. The standard InChI is InChI=1S/C12H24N4O/c1-6-8-16-10(9-14-15-16)11(13-7-2)12(3,4)17-5/h9,11,13H,6-8H2,1-5H3. The zero-order chi connectivity index (χ0) is 12.9. The van der Waals surface area contributed by atoms with E-state index in [0.29, 0.717) is 0 Å². The van der Waals surface area contributed by atoms with E-state index in [9.17, 15) is 0 Å². The Morgan fingerprint density at radius 1 is 1.47 bits per heavy atom. The summed E-state index contributed by atoms with van der Waals surface area (Å²) in [4.78, 5) is 0. The first kappa shape index (κ1) is 14.1. The summed E-state index contributed by atoms with van der Waals surface area (Å²) in [6.07, 6.45) is 2.87. The van der Waals surface area contributed by atoms with E-state index < -0.39 is 0 Å². The molecule has 0 aliphatic rings. The van der Waals surface area contributed by atoms with Crippen LogP contribution in [0.5, 0.6) is 0 Å². The maximum absolute atomic E-state index is 5.58. The van der Waals surface area contributed by atoms with Gasteiger partial charge in [0.25, 0.3) is 0 Å². The molecule has 1 aromatic rings. The van der Waals surface area contributed by atoms with E-state index in [2.05, 4.69) is 43.3 Å². The third-order valence-electron chi connectivity index (χ3n) is 3.01. The van der Waals surface area contributed by atoms with Crippen molar-refractivity contribution in [2.45, 2.75) is 52.3 Å². The van der Waals surface area contributed by atoms with Crippen LogP contribution in [0.2, 0.25) is 0 Å². The Morgan fingerprint density at radius 2 is 2.18 bits per heavy atom. The molecule has 1 N–H and O–H groups in total. The van der Waals surface area contributed by atoms with Crippen molar-refractivity contribution in [1.82, 2.24) is 20.3 Å². The molecule has 1 atom stereocenters. The van der Waals surface area contributed by atoms with Gasteiger partial charge in [-0.15, -0.1) is 5.10 Å². The van der Waals surface area contributed by atoms with Crippen LogP contribution in [0.25, 0.3) is 0 Å². The number of methoxy groups -OCH3 is 1. The molecule has 0 aromatic carbocycles. The molecule has 98 valence electrons. The minimum absolute atomic E-state index is 0.0963. The van der Waals surface area contributed by atoms with E-state index in [1.807, 2.05) is 10.9 Å². The van der Waals surface area contributed by atoms with Gasteiger partial charge in [-0.3, -0.25) is 0 Å². The van der Waals surface area contributed by atoms with Gasteiger partial charge >= 0.3 is 0 Å².